The Balaban J connectivity index is 2.27. The molecule has 0 N–H and O–H groups in total. The lowest BCUT2D eigenvalue weighted by Gasteiger charge is -2.01. The van der Waals surface area contributed by atoms with Crippen molar-refractivity contribution in [2.45, 2.75) is 17.1 Å². The van der Waals surface area contributed by atoms with Crippen LogP contribution in [0.2, 0.25) is 5.02 Å². The SMILES string of the molecule is Cc1cc(C#N)nc(Sc2ccc(Cl)cn2)n1. The number of aromatic nitrogens is 3. The molecule has 0 aromatic carbocycles. The van der Waals surface area contributed by atoms with E-state index >= 15 is 0 Å². The smallest absolute Gasteiger partial charge is 0.195 e. The number of hydrogen-bond donors (Lipinski definition) is 0. The van der Waals surface area contributed by atoms with Crippen molar-refractivity contribution in [2.75, 3.05) is 0 Å². The minimum Gasteiger partial charge on any atom is -0.248 e. The van der Waals surface area contributed by atoms with Crippen LogP contribution in [0.15, 0.2) is 34.6 Å². The van der Waals surface area contributed by atoms with E-state index in [-0.39, 0.29) is 0 Å². The minimum absolute atomic E-state index is 0.356. The zero-order chi connectivity index (χ0) is 12.3. The van der Waals surface area contributed by atoms with Gasteiger partial charge in [-0.3, -0.25) is 0 Å². The van der Waals surface area contributed by atoms with Gasteiger partial charge < -0.3 is 0 Å². The summed E-state index contributed by atoms with van der Waals surface area (Å²) < 4.78 is 0. The van der Waals surface area contributed by atoms with Crippen molar-refractivity contribution in [3.8, 4) is 6.07 Å². The highest BCUT2D eigenvalue weighted by Crippen LogP contribution is 2.23. The highest BCUT2D eigenvalue weighted by molar-refractivity contribution is 7.99. The van der Waals surface area contributed by atoms with Gasteiger partial charge in [-0.2, -0.15) is 5.26 Å². The third-order valence-electron chi connectivity index (χ3n) is 1.84. The molecule has 0 saturated carbocycles. The Kier molecular flexibility index (Phi) is 3.57. The van der Waals surface area contributed by atoms with Gasteiger partial charge in [-0.15, -0.1) is 0 Å². The molecule has 2 rings (SSSR count). The predicted molar refractivity (Wildman–Crippen MR) is 64.9 cm³/mol. The quantitative estimate of drug-likeness (QED) is 0.779. The number of nitrogens with zero attached hydrogens (tertiary/aromatic N) is 4. The molecule has 4 nitrogen and oxygen atoms in total. The van der Waals surface area contributed by atoms with Gasteiger partial charge in [0.05, 0.1) is 5.02 Å². The summed E-state index contributed by atoms with van der Waals surface area (Å²) in [4.78, 5) is 12.4. The predicted octanol–water partition coefficient (Wildman–Crippen LogP) is 2.86. The van der Waals surface area contributed by atoms with Gasteiger partial charge >= 0.3 is 0 Å². The average Bonchev–Trinajstić information content (AvgIpc) is 2.31. The molecule has 0 fully saturated rings. The minimum atomic E-state index is 0.356. The standard InChI is InChI=1S/C11H7ClN4S/c1-7-4-9(5-13)16-11(15-7)17-10-3-2-8(12)6-14-10/h2-4,6H,1H3. The van der Waals surface area contributed by atoms with E-state index in [2.05, 4.69) is 15.0 Å². The van der Waals surface area contributed by atoms with Crippen LogP contribution < -0.4 is 0 Å². The first-order chi connectivity index (χ1) is 8.17. The van der Waals surface area contributed by atoms with Gasteiger partial charge in [0.1, 0.15) is 16.8 Å². The molecular weight excluding hydrogens is 256 g/mol. The van der Waals surface area contributed by atoms with Crippen LogP contribution >= 0.6 is 23.4 Å². The van der Waals surface area contributed by atoms with E-state index in [1.54, 1.807) is 24.4 Å². The van der Waals surface area contributed by atoms with Crippen LogP contribution in [0.5, 0.6) is 0 Å². The molecule has 0 atom stereocenters. The molecule has 2 aromatic heterocycles. The van der Waals surface area contributed by atoms with E-state index in [0.29, 0.717) is 15.9 Å². The van der Waals surface area contributed by atoms with Crippen LogP contribution in [0, 0.1) is 18.3 Å². The van der Waals surface area contributed by atoms with Crippen molar-refractivity contribution >= 4 is 23.4 Å². The van der Waals surface area contributed by atoms with Crippen molar-refractivity contribution in [1.82, 2.24) is 15.0 Å². The Labute approximate surface area is 108 Å². The van der Waals surface area contributed by atoms with Crippen molar-refractivity contribution < 1.29 is 0 Å². The maximum atomic E-state index is 8.81. The third kappa shape index (κ3) is 3.16. The molecule has 0 aliphatic carbocycles. The lowest BCUT2D eigenvalue weighted by atomic mass is 10.4. The van der Waals surface area contributed by atoms with Crippen molar-refractivity contribution in [3.05, 3.63) is 40.8 Å². The molecule has 0 amide bonds. The molecule has 0 radical (unpaired) electrons. The zero-order valence-corrected chi connectivity index (χ0v) is 10.5. The fourth-order valence-electron chi connectivity index (χ4n) is 1.16. The Hall–Kier alpha value is -1.64. The third-order valence-corrected chi connectivity index (χ3v) is 2.88. The molecule has 0 aliphatic heterocycles. The van der Waals surface area contributed by atoms with E-state index < -0.39 is 0 Å². The molecule has 84 valence electrons. The van der Waals surface area contributed by atoms with Crippen LogP contribution in [0.4, 0.5) is 0 Å². The molecule has 2 aromatic rings. The molecule has 2 heterocycles. The monoisotopic (exact) mass is 262 g/mol. The Morgan fingerprint density at radius 1 is 1.35 bits per heavy atom. The number of halogens is 1. The highest BCUT2D eigenvalue weighted by atomic mass is 35.5. The second kappa shape index (κ2) is 5.13. The second-order valence-electron chi connectivity index (χ2n) is 3.21. The van der Waals surface area contributed by atoms with Gasteiger partial charge in [-0.25, -0.2) is 15.0 Å². The maximum Gasteiger partial charge on any atom is 0.195 e. The van der Waals surface area contributed by atoms with Crippen LogP contribution in [0.1, 0.15) is 11.4 Å². The van der Waals surface area contributed by atoms with Crippen molar-refractivity contribution in [3.63, 3.8) is 0 Å². The summed E-state index contributed by atoms with van der Waals surface area (Å²) in [6.45, 7) is 1.82. The van der Waals surface area contributed by atoms with Gasteiger partial charge in [-0.1, -0.05) is 11.6 Å². The van der Waals surface area contributed by atoms with Crippen molar-refractivity contribution in [1.29, 1.82) is 5.26 Å². The fraction of sp³-hybridized carbons (Fsp3) is 0.0909. The number of hydrogen-bond acceptors (Lipinski definition) is 5. The molecule has 17 heavy (non-hydrogen) atoms. The summed E-state index contributed by atoms with van der Waals surface area (Å²) in [6.07, 6.45) is 1.56. The second-order valence-corrected chi connectivity index (χ2v) is 4.63. The Morgan fingerprint density at radius 2 is 2.18 bits per heavy atom. The molecule has 0 spiro atoms. The van der Waals surface area contributed by atoms with Crippen LogP contribution in [-0.2, 0) is 0 Å². The lowest BCUT2D eigenvalue weighted by molar-refractivity contribution is 0.915. The molecule has 0 bridgehead atoms. The molecule has 0 unspecified atom stereocenters. The summed E-state index contributed by atoms with van der Waals surface area (Å²) in [5, 5.41) is 10.6. The van der Waals surface area contributed by atoms with E-state index in [9.17, 15) is 0 Å². The van der Waals surface area contributed by atoms with Gasteiger partial charge in [-0.05, 0) is 36.9 Å². The zero-order valence-electron chi connectivity index (χ0n) is 8.88. The number of rotatable bonds is 2. The Bertz CT molecular complexity index is 577. The van der Waals surface area contributed by atoms with Crippen molar-refractivity contribution in [2.24, 2.45) is 0 Å². The first-order valence-corrected chi connectivity index (χ1v) is 5.92. The summed E-state index contributed by atoms with van der Waals surface area (Å²) in [6, 6.07) is 7.17. The van der Waals surface area contributed by atoms with Crippen LogP contribution in [0.3, 0.4) is 0 Å². The average molecular weight is 263 g/mol. The Morgan fingerprint density at radius 3 is 2.82 bits per heavy atom. The van der Waals surface area contributed by atoms with Gasteiger partial charge in [0.15, 0.2) is 5.16 Å². The van der Waals surface area contributed by atoms with Crippen LogP contribution in [-0.4, -0.2) is 15.0 Å². The molecule has 6 heteroatoms. The van der Waals surface area contributed by atoms with E-state index in [1.165, 1.54) is 11.8 Å². The summed E-state index contributed by atoms with van der Waals surface area (Å²) in [5.74, 6) is 0. The summed E-state index contributed by atoms with van der Waals surface area (Å²) >= 11 is 7.04. The number of nitriles is 1. The van der Waals surface area contributed by atoms with Gasteiger partial charge in [0.2, 0.25) is 0 Å². The largest absolute Gasteiger partial charge is 0.248 e. The number of pyridine rings is 1. The molecule has 0 aliphatic rings. The van der Waals surface area contributed by atoms with Gasteiger partial charge in [0, 0.05) is 11.9 Å². The maximum absolute atomic E-state index is 8.81. The van der Waals surface area contributed by atoms with Crippen LogP contribution in [0.25, 0.3) is 0 Å². The summed E-state index contributed by atoms with van der Waals surface area (Å²) in [5.41, 5.74) is 1.11. The first kappa shape index (κ1) is 11.8. The number of aryl methyl sites for hydroxylation is 1. The molecule has 0 saturated heterocycles. The molecular formula is C11H7ClN4S. The topological polar surface area (TPSA) is 62.5 Å². The van der Waals surface area contributed by atoms with E-state index in [1.807, 2.05) is 13.0 Å². The fourth-order valence-corrected chi connectivity index (χ4v) is 2.03. The van der Waals surface area contributed by atoms with E-state index in [0.717, 1.165) is 10.7 Å². The van der Waals surface area contributed by atoms with E-state index in [4.69, 9.17) is 16.9 Å². The normalized spacial score (nSPS) is 9.94. The first-order valence-electron chi connectivity index (χ1n) is 4.72. The highest BCUT2D eigenvalue weighted by Gasteiger charge is 2.05. The van der Waals surface area contributed by atoms with Gasteiger partial charge in [0.25, 0.3) is 0 Å². The lowest BCUT2D eigenvalue weighted by Crippen LogP contribution is -1.93. The summed E-state index contributed by atoms with van der Waals surface area (Å²) in [7, 11) is 0.